The molecule has 1 saturated carbocycles. The van der Waals surface area contributed by atoms with Crippen molar-refractivity contribution in [1.82, 2.24) is 0 Å². The summed E-state index contributed by atoms with van der Waals surface area (Å²) in [7, 11) is 0. The van der Waals surface area contributed by atoms with Crippen LogP contribution in [-0.2, 0) is 0 Å². The molecule has 1 aromatic carbocycles. The van der Waals surface area contributed by atoms with Gasteiger partial charge in [0, 0.05) is 0 Å². The van der Waals surface area contributed by atoms with Gasteiger partial charge >= 0.3 is 0 Å². The van der Waals surface area contributed by atoms with Crippen molar-refractivity contribution in [1.29, 1.82) is 0 Å². The molecule has 0 heterocycles. The van der Waals surface area contributed by atoms with Crippen LogP contribution in [-0.4, -0.2) is 0 Å². The number of rotatable bonds is 1. The van der Waals surface area contributed by atoms with Gasteiger partial charge in [-0.3, -0.25) is 0 Å². The first-order chi connectivity index (χ1) is 6.68. The summed E-state index contributed by atoms with van der Waals surface area (Å²) in [5.41, 5.74) is 3.39. The molecule has 0 aromatic heterocycles. The lowest BCUT2D eigenvalue weighted by molar-refractivity contribution is 0.464. The van der Waals surface area contributed by atoms with Crippen molar-refractivity contribution in [3.63, 3.8) is 0 Å². The third-order valence-corrected chi connectivity index (χ3v) is 3.26. The first kappa shape index (κ1) is 9.51. The van der Waals surface area contributed by atoms with E-state index < -0.39 is 0 Å². The maximum Gasteiger partial charge on any atom is -0.0141 e. The van der Waals surface area contributed by atoms with Crippen LogP contribution in [0, 0.1) is 5.41 Å². The topological polar surface area (TPSA) is 0 Å². The van der Waals surface area contributed by atoms with Gasteiger partial charge in [0.1, 0.15) is 0 Å². The number of benzene rings is 1. The minimum atomic E-state index is 0.426. The number of allylic oxidation sites excluding steroid dienone is 1. The zero-order valence-corrected chi connectivity index (χ0v) is 9.09. The van der Waals surface area contributed by atoms with Crippen LogP contribution >= 0.6 is 0 Å². The summed E-state index contributed by atoms with van der Waals surface area (Å²) in [5, 5.41) is 0. The van der Waals surface area contributed by atoms with E-state index in [9.17, 15) is 0 Å². The molecule has 0 N–H and O–H groups in total. The fourth-order valence-electron chi connectivity index (χ4n) is 2.24. The van der Waals surface area contributed by atoms with E-state index in [0.29, 0.717) is 5.41 Å². The fraction of sp³-hybridized carbons (Fsp3) is 0.429. The largest absolute Gasteiger partial charge is 0.0640 e. The molecule has 0 aliphatic heterocycles. The van der Waals surface area contributed by atoms with Crippen LogP contribution in [0.15, 0.2) is 35.9 Å². The number of hydrogen-bond acceptors (Lipinski definition) is 0. The van der Waals surface area contributed by atoms with Crippen LogP contribution in [0.1, 0.15) is 38.7 Å². The molecular weight excluding hydrogens is 168 g/mol. The molecule has 74 valence electrons. The summed E-state index contributed by atoms with van der Waals surface area (Å²) >= 11 is 0. The quantitative estimate of drug-likeness (QED) is 0.614. The Morgan fingerprint density at radius 2 is 1.86 bits per heavy atom. The lowest BCUT2D eigenvalue weighted by Crippen LogP contribution is -2.06. The van der Waals surface area contributed by atoms with Crippen molar-refractivity contribution in [3.05, 3.63) is 41.5 Å². The van der Waals surface area contributed by atoms with Crippen molar-refractivity contribution in [2.24, 2.45) is 5.41 Å². The van der Waals surface area contributed by atoms with Gasteiger partial charge < -0.3 is 0 Å². The van der Waals surface area contributed by atoms with Crippen molar-refractivity contribution in [3.8, 4) is 0 Å². The highest BCUT2D eigenvalue weighted by Gasteiger charge is 2.28. The zero-order chi connectivity index (χ0) is 10.0. The fourth-order valence-corrected chi connectivity index (χ4v) is 2.24. The smallest absolute Gasteiger partial charge is 0.0141 e. The van der Waals surface area contributed by atoms with Crippen LogP contribution < -0.4 is 0 Å². The first-order valence-electron chi connectivity index (χ1n) is 5.45. The van der Waals surface area contributed by atoms with Crippen molar-refractivity contribution < 1.29 is 0 Å². The second-order valence-electron chi connectivity index (χ2n) is 4.82. The third-order valence-electron chi connectivity index (χ3n) is 3.26. The van der Waals surface area contributed by atoms with Gasteiger partial charge in [0.15, 0.2) is 0 Å². The molecule has 1 aromatic rings. The molecule has 0 atom stereocenters. The lowest BCUT2D eigenvalue weighted by atomic mass is 9.86. The molecule has 0 radical (unpaired) electrons. The van der Waals surface area contributed by atoms with E-state index in [-0.39, 0.29) is 0 Å². The summed E-state index contributed by atoms with van der Waals surface area (Å²) in [5.74, 6) is 0. The summed E-state index contributed by atoms with van der Waals surface area (Å²) in [6, 6.07) is 10.6. The van der Waals surface area contributed by atoms with Gasteiger partial charge in [-0.05, 0) is 30.2 Å². The lowest BCUT2D eigenvalue weighted by Gasteiger charge is -2.19. The van der Waals surface area contributed by atoms with Crippen LogP contribution in [0.4, 0.5) is 0 Å². The van der Waals surface area contributed by atoms with E-state index >= 15 is 0 Å². The van der Waals surface area contributed by atoms with Crippen LogP contribution in [0.25, 0.3) is 6.08 Å². The maximum atomic E-state index is 2.37. The molecule has 1 aliphatic carbocycles. The van der Waals surface area contributed by atoms with Crippen molar-refractivity contribution >= 4 is 6.08 Å². The van der Waals surface area contributed by atoms with Crippen LogP contribution in [0.5, 0.6) is 0 Å². The second kappa shape index (κ2) is 3.61. The highest BCUT2D eigenvalue weighted by Crippen LogP contribution is 2.42. The highest BCUT2D eigenvalue weighted by atomic mass is 14.3. The Labute approximate surface area is 86.7 Å². The van der Waals surface area contributed by atoms with Crippen molar-refractivity contribution in [2.75, 3.05) is 0 Å². The Morgan fingerprint density at radius 3 is 2.43 bits per heavy atom. The van der Waals surface area contributed by atoms with E-state index in [4.69, 9.17) is 0 Å². The Morgan fingerprint density at radius 1 is 1.14 bits per heavy atom. The Balaban J connectivity index is 2.27. The molecular formula is C14H18. The maximum absolute atomic E-state index is 2.37. The molecule has 0 nitrogen and oxygen atoms in total. The predicted molar refractivity (Wildman–Crippen MR) is 62.1 cm³/mol. The van der Waals surface area contributed by atoms with Gasteiger partial charge in [0.25, 0.3) is 0 Å². The van der Waals surface area contributed by atoms with E-state index in [2.05, 4.69) is 50.3 Å². The van der Waals surface area contributed by atoms with Gasteiger partial charge in [-0.1, -0.05) is 55.8 Å². The minimum absolute atomic E-state index is 0.426. The number of hydrogen-bond donors (Lipinski definition) is 0. The van der Waals surface area contributed by atoms with Gasteiger partial charge in [-0.2, -0.15) is 0 Å². The first-order valence-corrected chi connectivity index (χ1v) is 5.45. The molecule has 0 saturated heterocycles. The summed E-state index contributed by atoms with van der Waals surface area (Å²) < 4.78 is 0. The molecule has 1 fully saturated rings. The molecule has 0 heteroatoms. The van der Waals surface area contributed by atoms with E-state index in [0.717, 1.165) is 0 Å². The molecule has 14 heavy (non-hydrogen) atoms. The van der Waals surface area contributed by atoms with E-state index in [1.54, 1.807) is 5.57 Å². The minimum Gasteiger partial charge on any atom is -0.0640 e. The average molecular weight is 186 g/mol. The van der Waals surface area contributed by atoms with Gasteiger partial charge in [-0.15, -0.1) is 0 Å². The standard InChI is InChI=1S/C14H18/c1-14(2)10-6-9-13(14)11-12-7-4-3-5-8-12/h3-5,7-8,11H,6,9-10H2,1-2H3/b13-11+. The molecule has 0 unspecified atom stereocenters. The molecule has 1 aliphatic rings. The summed E-state index contributed by atoms with van der Waals surface area (Å²) in [6.45, 7) is 4.71. The van der Waals surface area contributed by atoms with Gasteiger partial charge in [-0.25, -0.2) is 0 Å². The normalized spacial score (nSPS) is 22.9. The van der Waals surface area contributed by atoms with E-state index in [1.165, 1.54) is 24.8 Å². The molecule has 2 rings (SSSR count). The third kappa shape index (κ3) is 1.89. The zero-order valence-electron chi connectivity index (χ0n) is 9.09. The van der Waals surface area contributed by atoms with Crippen LogP contribution in [0.2, 0.25) is 0 Å². The second-order valence-corrected chi connectivity index (χ2v) is 4.82. The molecule has 0 spiro atoms. The van der Waals surface area contributed by atoms with Crippen molar-refractivity contribution in [2.45, 2.75) is 33.1 Å². The van der Waals surface area contributed by atoms with Crippen LogP contribution in [0.3, 0.4) is 0 Å². The predicted octanol–water partition coefficient (Wildman–Crippen LogP) is 4.28. The average Bonchev–Trinajstić information content (AvgIpc) is 2.48. The van der Waals surface area contributed by atoms with Gasteiger partial charge in [0.2, 0.25) is 0 Å². The Hall–Kier alpha value is -1.04. The van der Waals surface area contributed by atoms with Gasteiger partial charge in [0.05, 0.1) is 0 Å². The Kier molecular flexibility index (Phi) is 2.45. The highest BCUT2D eigenvalue weighted by molar-refractivity contribution is 5.54. The summed E-state index contributed by atoms with van der Waals surface area (Å²) in [6.07, 6.45) is 6.34. The monoisotopic (exact) mass is 186 g/mol. The molecule has 0 bridgehead atoms. The SMILES string of the molecule is CC1(C)CCC/C1=C\c1ccccc1. The van der Waals surface area contributed by atoms with E-state index in [1.807, 2.05) is 0 Å². The molecule has 0 amide bonds. The Bertz CT molecular complexity index is 330. The summed E-state index contributed by atoms with van der Waals surface area (Å²) in [4.78, 5) is 0.